The second-order valence-electron chi connectivity index (χ2n) is 8.00. The van der Waals surface area contributed by atoms with Crippen LogP contribution in [0.5, 0.6) is 11.5 Å². The number of primary amides is 1. The number of nitrogens with two attached hydrogens (primary N) is 1. The summed E-state index contributed by atoms with van der Waals surface area (Å²) in [5, 5.41) is 3.47. The number of amides is 1. The van der Waals surface area contributed by atoms with Gasteiger partial charge < -0.3 is 25.4 Å². The Morgan fingerprint density at radius 1 is 1.27 bits per heavy atom. The van der Waals surface area contributed by atoms with Crippen LogP contribution >= 0.6 is 24.0 Å². The first-order valence-electron chi connectivity index (χ1n) is 10.7. The molecule has 1 unspecified atom stereocenters. The van der Waals surface area contributed by atoms with Crippen LogP contribution in [-0.4, -0.2) is 50.1 Å². The van der Waals surface area contributed by atoms with E-state index in [1.165, 1.54) is 12.8 Å². The van der Waals surface area contributed by atoms with E-state index >= 15 is 0 Å². The third-order valence-electron chi connectivity index (χ3n) is 5.82. The smallest absolute Gasteiger partial charge is 0.217 e. The van der Waals surface area contributed by atoms with Gasteiger partial charge in [-0.15, -0.1) is 24.0 Å². The first-order valence-corrected chi connectivity index (χ1v) is 10.7. The second-order valence-corrected chi connectivity index (χ2v) is 8.00. The Kier molecular flexibility index (Phi) is 10.0. The molecule has 3 N–H and O–H groups in total. The number of hydrogen-bond acceptors (Lipinski definition) is 4. The highest BCUT2D eigenvalue weighted by molar-refractivity contribution is 14.0. The minimum absolute atomic E-state index is 0. The van der Waals surface area contributed by atoms with E-state index in [1.54, 1.807) is 14.2 Å². The highest BCUT2D eigenvalue weighted by Gasteiger charge is 2.24. The molecule has 2 fully saturated rings. The number of hydrogen-bond donors (Lipinski definition) is 2. The molecule has 2 aliphatic rings. The number of likely N-dealkylation sites (tertiary alicyclic amines) is 1. The van der Waals surface area contributed by atoms with Gasteiger partial charge in [-0.25, -0.2) is 0 Å². The fourth-order valence-corrected chi connectivity index (χ4v) is 4.38. The molecule has 1 heterocycles. The zero-order valence-corrected chi connectivity index (χ0v) is 20.4. The van der Waals surface area contributed by atoms with Gasteiger partial charge in [0.1, 0.15) is 0 Å². The topological polar surface area (TPSA) is 89.2 Å². The Morgan fingerprint density at radius 3 is 2.70 bits per heavy atom. The normalized spacial score (nSPS) is 19.9. The number of carbonyl (C=O) groups excluding carboxylic acids is 1. The first-order chi connectivity index (χ1) is 14.1. The standard InChI is InChI=1S/C22H34N4O3.HI/c1-24-22(26-12-6-7-16(15-26)13-20(23)27)25-14-17-8-5-11-19(28-2)21(17)29-18-9-3-4-10-18;/h5,8,11,16,18H,3-4,6-7,9-10,12-15H2,1-2H3,(H2,23,27)(H,24,25);1H. The Bertz CT molecular complexity index is 722. The molecule has 30 heavy (non-hydrogen) atoms. The molecule has 7 nitrogen and oxygen atoms in total. The van der Waals surface area contributed by atoms with Gasteiger partial charge in [0, 0.05) is 38.7 Å². The van der Waals surface area contributed by atoms with Crippen LogP contribution in [0.4, 0.5) is 0 Å². The van der Waals surface area contributed by atoms with Gasteiger partial charge in [0.05, 0.1) is 13.2 Å². The number of rotatable bonds is 7. The SMILES string of the molecule is CN=C(NCc1cccc(OC)c1OC1CCCC1)N1CCCC(CC(N)=O)C1.I. The number of para-hydroxylation sites is 1. The van der Waals surface area contributed by atoms with Crippen molar-refractivity contribution in [2.75, 3.05) is 27.2 Å². The molecule has 1 amide bonds. The Morgan fingerprint density at radius 2 is 2.03 bits per heavy atom. The molecule has 0 aromatic heterocycles. The number of carbonyl (C=O) groups is 1. The van der Waals surface area contributed by atoms with Crippen molar-refractivity contribution >= 4 is 35.8 Å². The molecule has 1 saturated heterocycles. The molecule has 3 rings (SSSR count). The fourth-order valence-electron chi connectivity index (χ4n) is 4.38. The number of benzene rings is 1. The molecule has 1 aliphatic heterocycles. The van der Waals surface area contributed by atoms with Gasteiger partial charge in [-0.3, -0.25) is 9.79 Å². The van der Waals surface area contributed by atoms with Crippen LogP contribution in [0.25, 0.3) is 0 Å². The summed E-state index contributed by atoms with van der Waals surface area (Å²) >= 11 is 0. The van der Waals surface area contributed by atoms with Crippen molar-refractivity contribution in [3.63, 3.8) is 0 Å². The summed E-state index contributed by atoms with van der Waals surface area (Å²) in [5.41, 5.74) is 6.45. The quantitative estimate of drug-likeness (QED) is 0.321. The monoisotopic (exact) mass is 530 g/mol. The lowest BCUT2D eigenvalue weighted by atomic mass is 9.95. The van der Waals surface area contributed by atoms with E-state index in [2.05, 4.69) is 21.3 Å². The Balaban J connectivity index is 0.00000320. The predicted molar refractivity (Wildman–Crippen MR) is 130 cm³/mol. The van der Waals surface area contributed by atoms with Crippen LogP contribution in [0.15, 0.2) is 23.2 Å². The van der Waals surface area contributed by atoms with Gasteiger partial charge >= 0.3 is 0 Å². The van der Waals surface area contributed by atoms with Crippen molar-refractivity contribution in [1.29, 1.82) is 0 Å². The predicted octanol–water partition coefficient (Wildman–Crippen LogP) is 3.30. The number of piperidine rings is 1. The van der Waals surface area contributed by atoms with Crippen molar-refractivity contribution in [2.45, 2.75) is 57.6 Å². The number of halogens is 1. The fraction of sp³-hybridized carbons (Fsp3) is 0.636. The van der Waals surface area contributed by atoms with E-state index in [9.17, 15) is 4.79 Å². The second kappa shape index (κ2) is 12.2. The van der Waals surface area contributed by atoms with E-state index in [1.807, 2.05) is 12.1 Å². The summed E-state index contributed by atoms with van der Waals surface area (Å²) < 4.78 is 11.9. The lowest BCUT2D eigenvalue weighted by Crippen LogP contribution is -2.46. The van der Waals surface area contributed by atoms with Crippen molar-refractivity contribution in [3.05, 3.63) is 23.8 Å². The number of methoxy groups -OCH3 is 1. The lowest BCUT2D eigenvalue weighted by molar-refractivity contribution is -0.119. The Hall–Kier alpha value is -1.71. The van der Waals surface area contributed by atoms with Gasteiger partial charge in [0.2, 0.25) is 5.91 Å². The Labute approximate surface area is 196 Å². The van der Waals surface area contributed by atoms with Gasteiger partial charge in [-0.2, -0.15) is 0 Å². The molecule has 1 atom stereocenters. The van der Waals surface area contributed by atoms with Crippen molar-refractivity contribution < 1.29 is 14.3 Å². The van der Waals surface area contributed by atoms with Crippen LogP contribution in [0, 0.1) is 5.92 Å². The maximum Gasteiger partial charge on any atom is 0.217 e. The third kappa shape index (κ3) is 6.65. The summed E-state index contributed by atoms with van der Waals surface area (Å²) in [6, 6.07) is 6.00. The number of nitrogens with zero attached hydrogens (tertiary/aromatic N) is 2. The van der Waals surface area contributed by atoms with Gasteiger partial charge in [-0.1, -0.05) is 12.1 Å². The molecular weight excluding hydrogens is 495 g/mol. The van der Waals surface area contributed by atoms with E-state index in [-0.39, 0.29) is 41.9 Å². The summed E-state index contributed by atoms with van der Waals surface area (Å²) in [4.78, 5) is 18.0. The molecular formula is C22H35IN4O3. The van der Waals surface area contributed by atoms with E-state index < -0.39 is 0 Å². The molecule has 168 valence electrons. The van der Waals surface area contributed by atoms with Crippen LogP contribution in [-0.2, 0) is 11.3 Å². The van der Waals surface area contributed by atoms with Gasteiger partial charge in [-0.05, 0) is 50.5 Å². The molecule has 0 spiro atoms. The van der Waals surface area contributed by atoms with E-state index in [0.717, 1.165) is 61.8 Å². The summed E-state index contributed by atoms with van der Waals surface area (Å²) in [7, 11) is 3.47. The minimum atomic E-state index is -0.232. The lowest BCUT2D eigenvalue weighted by Gasteiger charge is -2.34. The maximum absolute atomic E-state index is 11.3. The average Bonchev–Trinajstić information content (AvgIpc) is 3.22. The largest absolute Gasteiger partial charge is 0.493 e. The zero-order chi connectivity index (χ0) is 20.6. The minimum Gasteiger partial charge on any atom is -0.493 e. The van der Waals surface area contributed by atoms with Crippen molar-refractivity contribution in [3.8, 4) is 11.5 Å². The van der Waals surface area contributed by atoms with Crippen molar-refractivity contribution in [1.82, 2.24) is 10.2 Å². The molecule has 1 aromatic rings. The first kappa shape index (κ1) is 24.6. The number of aliphatic imine (C=N–C) groups is 1. The zero-order valence-electron chi connectivity index (χ0n) is 18.1. The number of ether oxygens (including phenoxy) is 2. The van der Waals surface area contributed by atoms with Crippen LogP contribution < -0.4 is 20.5 Å². The highest BCUT2D eigenvalue weighted by Crippen LogP contribution is 2.34. The molecule has 1 aliphatic carbocycles. The third-order valence-corrected chi connectivity index (χ3v) is 5.82. The number of nitrogens with one attached hydrogen (secondary N) is 1. The summed E-state index contributed by atoms with van der Waals surface area (Å²) in [5.74, 6) is 2.50. The molecule has 0 radical (unpaired) electrons. The van der Waals surface area contributed by atoms with Crippen LogP contribution in [0.2, 0.25) is 0 Å². The van der Waals surface area contributed by atoms with Crippen LogP contribution in [0.3, 0.4) is 0 Å². The molecule has 1 saturated carbocycles. The summed E-state index contributed by atoms with van der Waals surface area (Å²) in [6.45, 7) is 2.33. The van der Waals surface area contributed by atoms with Crippen molar-refractivity contribution in [2.24, 2.45) is 16.6 Å². The molecule has 8 heteroatoms. The summed E-state index contributed by atoms with van der Waals surface area (Å²) in [6.07, 6.45) is 7.41. The van der Waals surface area contributed by atoms with E-state index in [4.69, 9.17) is 15.2 Å². The maximum atomic E-state index is 11.3. The van der Waals surface area contributed by atoms with E-state index in [0.29, 0.717) is 13.0 Å². The molecule has 0 bridgehead atoms. The molecule has 1 aromatic carbocycles. The van der Waals surface area contributed by atoms with Gasteiger partial charge in [0.15, 0.2) is 17.5 Å². The van der Waals surface area contributed by atoms with Crippen LogP contribution in [0.1, 0.15) is 50.5 Å². The number of guanidine groups is 1. The average molecular weight is 530 g/mol. The highest BCUT2D eigenvalue weighted by atomic mass is 127. The van der Waals surface area contributed by atoms with Gasteiger partial charge in [0.25, 0.3) is 0 Å².